The number of nitro groups is 1. The van der Waals surface area contributed by atoms with E-state index in [1.807, 2.05) is 0 Å². The van der Waals surface area contributed by atoms with Gasteiger partial charge in [-0.15, -0.1) is 11.8 Å². The summed E-state index contributed by atoms with van der Waals surface area (Å²) in [6, 6.07) is 0. The van der Waals surface area contributed by atoms with Crippen LogP contribution in [0.3, 0.4) is 0 Å². The molecule has 1 fully saturated rings. The maximum absolute atomic E-state index is 10.1. The summed E-state index contributed by atoms with van der Waals surface area (Å²) < 4.78 is 0. The number of nitrogens with zero attached hydrogens (tertiary/aromatic N) is 1. The van der Waals surface area contributed by atoms with Gasteiger partial charge in [-0.1, -0.05) is 0 Å². The van der Waals surface area contributed by atoms with Crippen LogP contribution < -0.4 is 0 Å². The van der Waals surface area contributed by atoms with Crippen molar-refractivity contribution in [2.75, 3.05) is 11.5 Å². The van der Waals surface area contributed by atoms with Gasteiger partial charge in [0.25, 0.3) is 0 Å². The average molecular weight is 133 g/mol. The maximum atomic E-state index is 10.1. The third kappa shape index (κ3) is 0.686. The smallest absolute Gasteiger partial charge is 0.237 e. The van der Waals surface area contributed by atoms with Crippen LogP contribution in [0.15, 0.2) is 0 Å². The van der Waals surface area contributed by atoms with Crippen LogP contribution >= 0.6 is 11.8 Å². The van der Waals surface area contributed by atoms with E-state index in [0.29, 0.717) is 11.5 Å². The van der Waals surface area contributed by atoms with Crippen molar-refractivity contribution in [3.05, 3.63) is 10.1 Å². The van der Waals surface area contributed by atoms with Gasteiger partial charge in [0, 0.05) is 11.8 Å². The fourth-order valence-electron chi connectivity index (χ4n) is 0.503. The van der Waals surface area contributed by atoms with E-state index in [9.17, 15) is 10.1 Å². The molecule has 1 aliphatic heterocycles. The molecule has 0 aromatic rings. The highest BCUT2D eigenvalue weighted by Crippen LogP contribution is 2.31. The lowest BCUT2D eigenvalue weighted by atomic mass is 10.1. The van der Waals surface area contributed by atoms with E-state index >= 15 is 0 Å². The molecule has 0 N–H and O–H groups in total. The maximum Gasteiger partial charge on any atom is 0.237 e. The van der Waals surface area contributed by atoms with Crippen LogP contribution in [0, 0.1) is 10.1 Å². The molecule has 0 unspecified atom stereocenters. The molecule has 1 aliphatic rings. The summed E-state index contributed by atoms with van der Waals surface area (Å²) >= 11 is 1.63. The number of hydrogen-bond donors (Lipinski definition) is 0. The second-order valence-corrected chi connectivity index (χ2v) is 3.23. The first kappa shape index (κ1) is 5.88. The van der Waals surface area contributed by atoms with Gasteiger partial charge in [0.1, 0.15) is 0 Å². The first-order valence-corrected chi connectivity index (χ1v) is 3.53. The van der Waals surface area contributed by atoms with Gasteiger partial charge in [0.15, 0.2) is 0 Å². The summed E-state index contributed by atoms with van der Waals surface area (Å²) in [5, 5.41) is 10.1. The normalized spacial score (nSPS) is 24.1. The highest BCUT2D eigenvalue weighted by molar-refractivity contribution is 8.00. The van der Waals surface area contributed by atoms with E-state index in [2.05, 4.69) is 0 Å². The van der Waals surface area contributed by atoms with Gasteiger partial charge in [0.2, 0.25) is 5.54 Å². The van der Waals surface area contributed by atoms with E-state index in [0.717, 1.165) is 0 Å². The molecule has 0 bridgehead atoms. The molecule has 0 saturated carbocycles. The van der Waals surface area contributed by atoms with Crippen LogP contribution in [0.2, 0.25) is 0 Å². The summed E-state index contributed by atoms with van der Waals surface area (Å²) in [5.41, 5.74) is -0.593. The Kier molecular flexibility index (Phi) is 1.19. The molecule has 46 valence electrons. The van der Waals surface area contributed by atoms with Crippen molar-refractivity contribution in [2.24, 2.45) is 0 Å². The molecule has 0 aromatic heterocycles. The molecule has 0 aromatic carbocycles. The molecular weight excluding hydrogens is 126 g/mol. The van der Waals surface area contributed by atoms with Crippen LogP contribution in [0.5, 0.6) is 0 Å². The highest BCUT2D eigenvalue weighted by Gasteiger charge is 2.44. The van der Waals surface area contributed by atoms with Gasteiger partial charge < -0.3 is 0 Å². The monoisotopic (exact) mass is 133 g/mol. The quantitative estimate of drug-likeness (QED) is 0.392. The molecule has 0 aliphatic carbocycles. The van der Waals surface area contributed by atoms with Gasteiger partial charge in [-0.25, -0.2) is 0 Å². The minimum atomic E-state index is -0.593. The molecule has 3 nitrogen and oxygen atoms in total. The van der Waals surface area contributed by atoms with Crippen LogP contribution in [-0.4, -0.2) is 22.0 Å². The molecule has 0 spiro atoms. The molecular formula is C4H7NO2S. The van der Waals surface area contributed by atoms with Gasteiger partial charge in [0.05, 0.1) is 11.5 Å². The Bertz CT molecular complexity index is 121. The van der Waals surface area contributed by atoms with Crippen molar-refractivity contribution >= 4 is 11.8 Å². The zero-order valence-corrected chi connectivity index (χ0v) is 5.40. The molecule has 1 heterocycles. The summed E-state index contributed by atoms with van der Waals surface area (Å²) in [6.45, 7) is 1.68. The molecule has 1 rings (SSSR count). The van der Waals surface area contributed by atoms with E-state index < -0.39 is 5.54 Å². The highest BCUT2D eigenvalue weighted by atomic mass is 32.2. The van der Waals surface area contributed by atoms with Crippen molar-refractivity contribution in [1.82, 2.24) is 0 Å². The molecule has 0 atom stereocenters. The van der Waals surface area contributed by atoms with E-state index in [-0.39, 0.29) is 4.92 Å². The Labute approximate surface area is 51.6 Å². The zero-order chi connectivity index (χ0) is 6.20. The van der Waals surface area contributed by atoms with Crippen molar-refractivity contribution in [3.63, 3.8) is 0 Å². The number of hydrogen-bond acceptors (Lipinski definition) is 3. The first-order chi connectivity index (χ1) is 3.65. The summed E-state index contributed by atoms with van der Waals surface area (Å²) in [7, 11) is 0. The lowest BCUT2D eigenvalue weighted by Crippen LogP contribution is -2.47. The Morgan fingerprint density at radius 1 is 1.75 bits per heavy atom. The number of thioether (sulfide) groups is 1. The third-order valence-corrected chi connectivity index (χ3v) is 2.92. The largest absolute Gasteiger partial charge is 0.264 e. The van der Waals surface area contributed by atoms with E-state index in [1.54, 1.807) is 18.7 Å². The molecule has 1 saturated heterocycles. The van der Waals surface area contributed by atoms with Gasteiger partial charge in [-0.3, -0.25) is 10.1 Å². The second kappa shape index (κ2) is 1.62. The fraction of sp³-hybridized carbons (Fsp3) is 1.00. The third-order valence-electron chi connectivity index (χ3n) is 1.27. The fourth-order valence-corrected chi connectivity index (χ4v) is 1.51. The molecule has 4 heteroatoms. The minimum Gasteiger partial charge on any atom is -0.264 e. The molecule has 0 radical (unpaired) electrons. The lowest BCUT2D eigenvalue weighted by Gasteiger charge is -2.27. The zero-order valence-electron chi connectivity index (χ0n) is 4.59. The Morgan fingerprint density at radius 3 is 2.25 bits per heavy atom. The minimum absolute atomic E-state index is 0.191. The topological polar surface area (TPSA) is 43.1 Å². The van der Waals surface area contributed by atoms with Crippen LogP contribution in [-0.2, 0) is 0 Å². The number of rotatable bonds is 1. The average Bonchev–Trinajstić information content (AvgIpc) is 1.60. The second-order valence-electron chi connectivity index (χ2n) is 2.25. The van der Waals surface area contributed by atoms with Crippen molar-refractivity contribution in [1.29, 1.82) is 0 Å². The van der Waals surface area contributed by atoms with Crippen LogP contribution in [0.25, 0.3) is 0 Å². The van der Waals surface area contributed by atoms with Crippen molar-refractivity contribution in [2.45, 2.75) is 12.5 Å². The van der Waals surface area contributed by atoms with Crippen LogP contribution in [0.1, 0.15) is 6.92 Å². The first-order valence-electron chi connectivity index (χ1n) is 2.37. The van der Waals surface area contributed by atoms with Crippen molar-refractivity contribution < 1.29 is 4.92 Å². The summed E-state index contributed by atoms with van der Waals surface area (Å²) in [6.07, 6.45) is 0. The van der Waals surface area contributed by atoms with Crippen molar-refractivity contribution in [3.8, 4) is 0 Å². The molecule has 8 heavy (non-hydrogen) atoms. The predicted octanol–water partition coefficient (Wildman–Crippen LogP) is 0.769. The Balaban J connectivity index is 2.53. The Morgan fingerprint density at radius 2 is 2.25 bits per heavy atom. The Hall–Kier alpha value is -0.250. The standard InChI is InChI=1S/C4H7NO2S/c1-4(5(6)7)2-8-3-4/h2-3H2,1H3. The van der Waals surface area contributed by atoms with E-state index in [1.165, 1.54) is 0 Å². The molecule has 0 amide bonds. The van der Waals surface area contributed by atoms with Gasteiger partial charge >= 0.3 is 0 Å². The van der Waals surface area contributed by atoms with Crippen LogP contribution in [0.4, 0.5) is 0 Å². The summed E-state index contributed by atoms with van der Waals surface area (Å²) in [5.74, 6) is 1.36. The van der Waals surface area contributed by atoms with E-state index in [4.69, 9.17) is 0 Å². The SMILES string of the molecule is CC1([N+](=O)[O-])CSC1. The lowest BCUT2D eigenvalue weighted by molar-refractivity contribution is -0.555. The predicted molar refractivity (Wildman–Crippen MR) is 32.7 cm³/mol. The summed E-state index contributed by atoms with van der Waals surface area (Å²) in [4.78, 5) is 9.90. The van der Waals surface area contributed by atoms with Gasteiger partial charge in [-0.05, 0) is 0 Å². The van der Waals surface area contributed by atoms with Gasteiger partial charge in [-0.2, -0.15) is 0 Å².